The van der Waals surface area contributed by atoms with Crippen molar-refractivity contribution in [3.05, 3.63) is 29.8 Å². The van der Waals surface area contributed by atoms with Crippen LogP contribution in [-0.4, -0.2) is 12.4 Å². The van der Waals surface area contributed by atoms with E-state index in [4.69, 9.17) is 11.2 Å². The summed E-state index contributed by atoms with van der Waals surface area (Å²) in [5.74, 6) is 3.32. The van der Waals surface area contributed by atoms with Crippen molar-refractivity contribution in [2.24, 2.45) is 0 Å². The Kier molecular flexibility index (Phi) is 5.15. The lowest BCUT2D eigenvalue weighted by Crippen LogP contribution is -2.04. The fraction of sp³-hybridized carbons (Fsp3) is 0.357. The van der Waals surface area contributed by atoms with Crippen molar-refractivity contribution in [1.29, 1.82) is 0 Å². The van der Waals surface area contributed by atoms with E-state index >= 15 is 0 Å². The fourth-order valence-corrected chi connectivity index (χ4v) is 1.37. The fourth-order valence-electron chi connectivity index (χ4n) is 1.37. The van der Waals surface area contributed by atoms with Crippen LogP contribution in [0.4, 0.5) is 0 Å². The highest BCUT2D eigenvalue weighted by Crippen LogP contribution is 2.19. The zero-order valence-electron chi connectivity index (χ0n) is 9.53. The SMILES string of the molecule is C#CCCCOc1ccccc1C(=O)CC. The van der Waals surface area contributed by atoms with Gasteiger partial charge in [-0.3, -0.25) is 4.79 Å². The summed E-state index contributed by atoms with van der Waals surface area (Å²) in [5, 5.41) is 0. The first kappa shape index (κ1) is 12.3. The summed E-state index contributed by atoms with van der Waals surface area (Å²) in [7, 11) is 0. The topological polar surface area (TPSA) is 26.3 Å². The predicted octanol–water partition coefficient (Wildman–Crippen LogP) is 3.07. The first-order valence-electron chi connectivity index (χ1n) is 5.48. The Morgan fingerprint density at radius 1 is 1.44 bits per heavy atom. The summed E-state index contributed by atoms with van der Waals surface area (Å²) in [6.07, 6.45) is 7.15. The van der Waals surface area contributed by atoms with Crippen LogP contribution in [0.3, 0.4) is 0 Å². The van der Waals surface area contributed by atoms with Crippen LogP contribution < -0.4 is 4.74 Å². The molecule has 2 heteroatoms. The highest BCUT2D eigenvalue weighted by molar-refractivity contribution is 5.98. The highest BCUT2D eigenvalue weighted by Gasteiger charge is 2.09. The van der Waals surface area contributed by atoms with E-state index in [1.54, 1.807) is 6.07 Å². The summed E-state index contributed by atoms with van der Waals surface area (Å²) in [5.41, 5.74) is 0.658. The van der Waals surface area contributed by atoms with E-state index in [1.165, 1.54) is 0 Å². The maximum atomic E-state index is 11.6. The van der Waals surface area contributed by atoms with Gasteiger partial charge in [0.2, 0.25) is 0 Å². The molecule has 1 aromatic carbocycles. The quantitative estimate of drug-likeness (QED) is 0.415. The van der Waals surface area contributed by atoms with Gasteiger partial charge < -0.3 is 4.74 Å². The Labute approximate surface area is 96.6 Å². The molecular formula is C14H16O2. The van der Waals surface area contributed by atoms with Crippen molar-refractivity contribution in [3.8, 4) is 18.1 Å². The lowest BCUT2D eigenvalue weighted by Gasteiger charge is -2.09. The van der Waals surface area contributed by atoms with E-state index in [0.717, 1.165) is 6.42 Å². The molecule has 0 heterocycles. The molecule has 0 spiro atoms. The van der Waals surface area contributed by atoms with E-state index in [2.05, 4.69) is 5.92 Å². The van der Waals surface area contributed by atoms with Crippen LogP contribution in [-0.2, 0) is 0 Å². The third-order valence-corrected chi connectivity index (χ3v) is 2.23. The monoisotopic (exact) mass is 216 g/mol. The maximum absolute atomic E-state index is 11.6. The average molecular weight is 216 g/mol. The van der Waals surface area contributed by atoms with Gasteiger partial charge >= 0.3 is 0 Å². The molecular weight excluding hydrogens is 200 g/mol. The number of terminal acetylenes is 1. The maximum Gasteiger partial charge on any atom is 0.166 e. The van der Waals surface area contributed by atoms with Gasteiger partial charge in [-0.15, -0.1) is 12.3 Å². The van der Waals surface area contributed by atoms with Crippen LogP contribution in [0.15, 0.2) is 24.3 Å². The number of para-hydroxylation sites is 1. The highest BCUT2D eigenvalue weighted by atomic mass is 16.5. The molecule has 0 amide bonds. The van der Waals surface area contributed by atoms with Gasteiger partial charge in [0.25, 0.3) is 0 Å². The molecule has 0 atom stereocenters. The Morgan fingerprint density at radius 2 is 2.19 bits per heavy atom. The molecule has 0 aliphatic rings. The molecule has 0 aliphatic heterocycles. The minimum absolute atomic E-state index is 0.104. The molecule has 0 fully saturated rings. The smallest absolute Gasteiger partial charge is 0.166 e. The first-order chi connectivity index (χ1) is 7.79. The molecule has 1 rings (SSSR count). The van der Waals surface area contributed by atoms with E-state index in [-0.39, 0.29) is 5.78 Å². The van der Waals surface area contributed by atoms with Gasteiger partial charge in [-0.05, 0) is 18.6 Å². The third-order valence-electron chi connectivity index (χ3n) is 2.23. The lowest BCUT2D eigenvalue weighted by molar-refractivity contribution is 0.0984. The molecule has 0 saturated carbocycles. The van der Waals surface area contributed by atoms with Crippen LogP contribution in [0.5, 0.6) is 5.75 Å². The number of carbonyl (C=O) groups is 1. The van der Waals surface area contributed by atoms with E-state index in [9.17, 15) is 4.79 Å². The predicted molar refractivity (Wildman–Crippen MR) is 64.6 cm³/mol. The van der Waals surface area contributed by atoms with E-state index < -0.39 is 0 Å². The summed E-state index contributed by atoms with van der Waals surface area (Å²) < 4.78 is 5.55. The third kappa shape index (κ3) is 3.43. The van der Waals surface area contributed by atoms with Crippen molar-refractivity contribution in [1.82, 2.24) is 0 Å². The summed E-state index contributed by atoms with van der Waals surface area (Å²) in [6, 6.07) is 7.32. The second kappa shape index (κ2) is 6.68. The summed E-state index contributed by atoms with van der Waals surface area (Å²) >= 11 is 0. The van der Waals surface area contributed by atoms with Crippen LogP contribution in [0.1, 0.15) is 36.5 Å². The van der Waals surface area contributed by atoms with Gasteiger partial charge in [0, 0.05) is 12.8 Å². The van der Waals surface area contributed by atoms with E-state index in [1.807, 2.05) is 25.1 Å². The minimum Gasteiger partial charge on any atom is -0.493 e. The number of ketones is 1. The zero-order valence-corrected chi connectivity index (χ0v) is 9.53. The Hall–Kier alpha value is -1.75. The normalized spacial score (nSPS) is 9.50. The number of Topliss-reactive ketones (excluding diaryl/α,β-unsaturated/α-hetero) is 1. The molecule has 1 aromatic rings. The van der Waals surface area contributed by atoms with Gasteiger partial charge in [0.05, 0.1) is 12.2 Å². The number of carbonyl (C=O) groups excluding carboxylic acids is 1. The van der Waals surface area contributed by atoms with Gasteiger partial charge in [-0.1, -0.05) is 19.1 Å². The largest absolute Gasteiger partial charge is 0.493 e. The number of benzene rings is 1. The number of hydrogen-bond acceptors (Lipinski definition) is 2. The average Bonchev–Trinajstić information content (AvgIpc) is 2.34. The number of rotatable bonds is 6. The molecule has 0 unspecified atom stereocenters. The summed E-state index contributed by atoms with van der Waals surface area (Å²) in [4.78, 5) is 11.6. The standard InChI is InChI=1S/C14H16O2/c1-3-5-8-11-16-14-10-7-6-9-12(14)13(15)4-2/h1,6-7,9-10H,4-5,8,11H2,2H3. The Bertz CT molecular complexity index is 388. The van der Waals surface area contributed by atoms with Crippen molar-refractivity contribution in [3.63, 3.8) is 0 Å². The Morgan fingerprint density at radius 3 is 2.88 bits per heavy atom. The zero-order chi connectivity index (χ0) is 11.8. The molecule has 0 aliphatic carbocycles. The van der Waals surface area contributed by atoms with Gasteiger partial charge in [-0.2, -0.15) is 0 Å². The molecule has 0 aromatic heterocycles. The van der Waals surface area contributed by atoms with Crippen molar-refractivity contribution in [2.45, 2.75) is 26.2 Å². The number of ether oxygens (including phenoxy) is 1. The van der Waals surface area contributed by atoms with E-state index in [0.29, 0.717) is 30.8 Å². The van der Waals surface area contributed by atoms with Crippen LogP contribution in [0.25, 0.3) is 0 Å². The van der Waals surface area contributed by atoms with Gasteiger partial charge in [-0.25, -0.2) is 0 Å². The van der Waals surface area contributed by atoms with Crippen LogP contribution >= 0.6 is 0 Å². The summed E-state index contributed by atoms with van der Waals surface area (Å²) in [6.45, 7) is 2.40. The van der Waals surface area contributed by atoms with Crippen LogP contribution in [0.2, 0.25) is 0 Å². The molecule has 16 heavy (non-hydrogen) atoms. The molecule has 2 nitrogen and oxygen atoms in total. The van der Waals surface area contributed by atoms with Crippen LogP contribution in [0, 0.1) is 12.3 Å². The second-order valence-electron chi connectivity index (χ2n) is 3.43. The van der Waals surface area contributed by atoms with Gasteiger partial charge in [0.15, 0.2) is 5.78 Å². The minimum atomic E-state index is 0.104. The number of hydrogen-bond donors (Lipinski definition) is 0. The molecule has 0 radical (unpaired) electrons. The molecule has 0 N–H and O–H groups in total. The first-order valence-corrected chi connectivity index (χ1v) is 5.48. The molecule has 84 valence electrons. The molecule has 0 bridgehead atoms. The van der Waals surface area contributed by atoms with Crippen molar-refractivity contribution in [2.75, 3.05) is 6.61 Å². The molecule has 0 saturated heterocycles. The lowest BCUT2D eigenvalue weighted by atomic mass is 10.1. The van der Waals surface area contributed by atoms with Crippen molar-refractivity contribution < 1.29 is 9.53 Å². The Balaban J connectivity index is 2.65. The number of unbranched alkanes of at least 4 members (excludes halogenated alkanes) is 1. The van der Waals surface area contributed by atoms with Crippen molar-refractivity contribution >= 4 is 5.78 Å². The second-order valence-corrected chi connectivity index (χ2v) is 3.43. The van der Waals surface area contributed by atoms with Gasteiger partial charge in [0.1, 0.15) is 5.75 Å².